The van der Waals surface area contributed by atoms with Crippen molar-refractivity contribution < 1.29 is 14.3 Å². The number of methoxy groups -OCH3 is 1. The predicted octanol–water partition coefficient (Wildman–Crippen LogP) is 2.97. The molecule has 7 heteroatoms. The molecule has 1 amide bonds. The summed E-state index contributed by atoms with van der Waals surface area (Å²) in [6.45, 7) is 0. The highest BCUT2D eigenvalue weighted by atomic mass is 32.1. The SMILES string of the molecule is COC(=O)c1cnc(NC(=O)c2cccc(-n3cccc3)c2)s1. The van der Waals surface area contributed by atoms with Crippen LogP contribution in [0.2, 0.25) is 0 Å². The Labute approximate surface area is 136 Å². The first-order valence-electron chi connectivity index (χ1n) is 6.76. The van der Waals surface area contributed by atoms with Crippen molar-refractivity contribution in [3.8, 4) is 5.69 Å². The molecule has 0 aliphatic rings. The first-order chi connectivity index (χ1) is 11.2. The Balaban J connectivity index is 1.77. The zero-order valence-corrected chi connectivity index (χ0v) is 13.0. The zero-order valence-electron chi connectivity index (χ0n) is 12.2. The maximum Gasteiger partial charge on any atom is 0.349 e. The van der Waals surface area contributed by atoms with E-state index >= 15 is 0 Å². The first kappa shape index (κ1) is 15.0. The van der Waals surface area contributed by atoms with Crippen LogP contribution in [0.3, 0.4) is 0 Å². The molecule has 2 aromatic heterocycles. The minimum absolute atomic E-state index is 0.287. The number of carbonyl (C=O) groups excluding carboxylic acids is 2. The first-order valence-corrected chi connectivity index (χ1v) is 7.58. The summed E-state index contributed by atoms with van der Waals surface area (Å²) in [5.74, 6) is -0.762. The van der Waals surface area contributed by atoms with Gasteiger partial charge in [-0.15, -0.1) is 0 Å². The number of esters is 1. The fraction of sp³-hybridized carbons (Fsp3) is 0.0625. The fourth-order valence-electron chi connectivity index (χ4n) is 2.01. The van der Waals surface area contributed by atoms with Crippen LogP contribution in [0.15, 0.2) is 55.0 Å². The van der Waals surface area contributed by atoms with Gasteiger partial charge in [0.2, 0.25) is 0 Å². The van der Waals surface area contributed by atoms with E-state index in [2.05, 4.69) is 15.0 Å². The van der Waals surface area contributed by atoms with Gasteiger partial charge in [0.05, 0.1) is 13.3 Å². The Kier molecular flexibility index (Phi) is 4.20. The van der Waals surface area contributed by atoms with Crippen molar-refractivity contribution in [1.29, 1.82) is 0 Å². The van der Waals surface area contributed by atoms with Crippen LogP contribution in [-0.4, -0.2) is 28.5 Å². The molecule has 1 N–H and O–H groups in total. The lowest BCUT2D eigenvalue weighted by molar-refractivity contribution is 0.0606. The van der Waals surface area contributed by atoms with Crippen molar-refractivity contribution in [2.45, 2.75) is 0 Å². The Morgan fingerprint density at radius 3 is 2.74 bits per heavy atom. The van der Waals surface area contributed by atoms with Gasteiger partial charge in [0.1, 0.15) is 4.88 Å². The lowest BCUT2D eigenvalue weighted by Crippen LogP contribution is -2.12. The van der Waals surface area contributed by atoms with Gasteiger partial charge in [0, 0.05) is 23.6 Å². The number of amides is 1. The summed E-state index contributed by atoms with van der Waals surface area (Å²) in [5.41, 5.74) is 1.39. The molecule has 1 aromatic carbocycles. The van der Waals surface area contributed by atoms with Gasteiger partial charge in [-0.1, -0.05) is 17.4 Å². The summed E-state index contributed by atoms with van der Waals surface area (Å²) in [4.78, 5) is 28.0. The van der Waals surface area contributed by atoms with Gasteiger partial charge < -0.3 is 9.30 Å². The van der Waals surface area contributed by atoms with Crippen molar-refractivity contribution >= 4 is 28.3 Å². The number of thiazole rings is 1. The topological polar surface area (TPSA) is 73.2 Å². The van der Waals surface area contributed by atoms with Gasteiger partial charge in [0.25, 0.3) is 5.91 Å². The number of hydrogen-bond donors (Lipinski definition) is 1. The van der Waals surface area contributed by atoms with Crippen LogP contribution in [0.1, 0.15) is 20.0 Å². The number of ether oxygens (including phenoxy) is 1. The summed E-state index contributed by atoms with van der Waals surface area (Å²) in [7, 11) is 1.30. The van der Waals surface area contributed by atoms with Gasteiger partial charge >= 0.3 is 5.97 Å². The second kappa shape index (κ2) is 6.45. The number of nitrogens with zero attached hydrogens (tertiary/aromatic N) is 2. The molecule has 116 valence electrons. The smallest absolute Gasteiger partial charge is 0.349 e. The van der Waals surface area contributed by atoms with E-state index in [4.69, 9.17) is 0 Å². The number of hydrogen-bond acceptors (Lipinski definition) is 5. The molecule has 0 bridgehead atoms. The Bertz CT molecular complexity index is 840. The molecule has 23 heavy (non-hydrogen) atoms. The van der Waals surface area contributed by atoms with Crippen LogP contribution < -0.4 is 5.32 Å². The van der Waals surface area contributed by atoms with Crippen LogP contribution in [0.4, 0.5) is 5.13 Å². The van der Waals surface area contributed by atoms with Gasteiger partial charge in [-0.05, 0) is 30.3 Å². The molecule has 0 saturated heterocycles. The van der Waals surface area contributed by atoms with E-state index in [1.54, 1.807) is 12.1 Å². The molecule has 0 aliphatic carbocycles. The molecule has 0 radical (unpaired) electrons. The largest absolute Gasteiger partial charge is 0.465 e. The summed E-state index contributed by atoms with van der Waals surface area (Å²) in [5, 5.41) is 3.03. The molecule has 0 unspecified atom stereocenters. The Morgan fingerprint density at radius 1 is 1.22 bits per heavy atom. The van der Waals surface area contributed by atoms with Crippen LogP contribution in [-0.2, 0) is 4.74 Å². The quantitative estimate of drug-likeness (QED) is 0.748. The molecular formula is C16H13N3O3S. The van der Waals surface area contributed by atoms with E-state index in [1.165, 1.54) is 13.3 Å². The molecule has 2 heterocycles. The van der Waals surface area contributed by atoms with E-state index in [0.717, 1.165) is 17.0 Å². The third kappa shape index (κ3) is 3.29. The highest BCUT2D eigenvalue weighted by molar-refractivity contribution is 7.17. The van der Waals surface area contributed by atoms with E-state index in [1.807, 2.05) is 41.2 Å². The molecule has 0 atom stereocenters. The molecule has 0 saturated carbocycles. The van der Waals surface area contributed by atoms with E-state index in [9.17, 15) is 9.59 Å². The third-order valence-corrected chi connectivity index (χ3v) is 4.02. The maximum atomic E-state index is 12.3. The molecule has 3 aromatic rings. The molecule has 0 aliphatic heterocycles. The molecule has 0 spiro atoms. The minimum Gasteiger partial charge on any atom is -0.465 e. The van der Waals surface area contributed by atoms with Crippen molar-refractivity contribution in [3.63, 3.8) is 0 Å². The van der Waals surface area contributed by atoms with Gasteiger partial charge in [-0.25, -0.2) is 9.78 Å². The van der Waals surface area contributed by atoms with E-state index in [0.29, 0.717) is 15.6 Å². The summed E-state index contributed by atoms with van der Waals surface area (Å²) < 4.78 is 6.52. The maximum absolute atomic E-state index is 12.3. The van der Waals surface area contributed by atoms with Crippen molar-refractivity contribution in [3.05, 3.63) is 65.4 Å². The highest BCUT2D eigenvalue weighted by Gasteiger charge is 2.13. The molecule has 0 fully saturated rings. The molecule has 6 nitrogen and oxygen atoms in total. The molecule has 3 rings (SSSR count). The summed E-state index contributed by atoms with van der Waals surface area (Å²) >= 11 is 1.07. The van der Waals surface area contributed by atoms with E-state index < -0.39 is 5.97 Å². The van der Waals surface area contributed by atoms with Gasteiger partial charge in [0.15, 0.2) is 5.13 Å². The second-order valence-electron chi connectivity index (χ2n) is 4.62. The van der Waals surface area contributed by atoms with E-state index in [-0.39, 0.29) is 5.91 Å². The number of aromatic nitrogens is 2. The van der Waals surface area contributed by atoms with Gasteiger partial charge in [-0.3, -0.25) is 10.1 Å². The van der Waals surface area contributed by atoms with Crippen LogP contribution in [0.25, 0.3) is 5.69 Å². The second-order valence-corrected chi connectivity index (χ2v) is 5.65. The van der Waals surface area contributed by atoms with Crippen molar-refractivity contribution in [1.82, 2.24) is 9.55 Å². The van der Waals surface area contributed by atoms with Crippen LogP contribution in [0, 0.1) is 0 Å². The van der Waals surface area contributed by atoms with Crippen molar-refractivity contribution in [2.75, 3.05) is 12.4 Å². The lowest BCUT2D eigenvalue weighted by atomic mass is 10.2. The van der Waals surface area contributed by atoms with Crippen LogP contribution >= 0.6 is 11.3 Å². The predicted molar refractivity (Wildman–Crippen MR) is 87.2 cm³/mol. The summed E-state index contributed by atoms with van der Waals surface area (Å²) in [6.07, 6.45) is 5.18. The lowest BCUT2D eigenvalue weighted by Gasteiger charge is -2.06. The Morgan fingerprint density at radius 2 is 2.00 bits per heavy atom. The third-order valence-electron chi connectivity index (χ3n) is 3.12. The normalized spacial score (nSPS) is 10.3. The number of rotatable bonds is 4. The number of benzene rings is 1. The van der Waals surface area contributed by atoms with Crippen LogP contribution in [0.5, 0.6) is 0 Å². The van der Waals surface area contributed by atoms with Crippen molar-refractivity contribution in [2.24, 2.45) is 0 Å². The van der Waals surface area contributed by atoms with Gasteiger partial charge in [-0.2, -0.15) is 0 Å². The monoisotopic (exact) mass is 327 g/mol. The molecular weight excluding hydrogens is 314 g/mol. The average molecular weight is 327 g/mol. The highest BCUT2D eigenvalue weighted by Crippen LogP contribution is 2.20. The average Bonchev–Trinajstić information content (AvgIpc) is 3.26. The number of carbonyl (C=O) groups is 2. The Hall–Kier alpha value is -2.93. The summed E-state index contributed by atoms with van der Waals surface area (Å²) in [6, 6.07) is 11.1. The standard InChI is InChI=1S/C16H13N3O3S/c1-22-15(21)13-10-17-16(23-13)18-14(20)11-5-4-6-12(9-11)19-7-2-3-8-19/h2-10H,1H3,(H,17,18,20). The fourth-order valence-corrected chi connectivity index (χ4v) is 2.74. The minimum atomic E-state index is -0.474. The zero-order chi connectivity index (χ0) is 16.2. The number of nitrogens with one attached hydrogen (secondary N) is 1. The number of anilines is 1.